The Bertz CT molecular complexity index is 937. The Balaban J connectivity index is 2.00. The number of nitrogens with zero attached hydrogens (tertiary/aromatic N) is 3. The molecule has 5 nitrogen and oxygen atoms in total. The van der Waals surface area contributed by atoms with Crippen LogP contribution >= 0.6 is 0 Å². The standard InChI is InChI=1S/C19H13N3O2/c1-2-12-23-15-9-7-14(8-10-15)18-21-17-6-4-3-5-16(17)19(22-18)24-13-11-20/h1,3-10H,12-13H2. The zero-order chi connectivity index (χ0) is 16.8. The summed E-state index contributed by atoms with van der Waals surface area (Å²) in [6.45, 7) is 0.150. The number of rotatable bonds is 5. The molecule has 3 rings (SSSR count). The van der Waals surface area contributed by atoms with Gasteiger partial charge in [-0.25, -0.2) is 4.98 Å². The van der Waals surface area contributed by atoms with Crippen molar-refractivity contribution < 1.29 is 9.47 Å². The van der Waals surface area contributed by atoms with Gasteiger partial charge in [0.1, 0.15) is 18.4 Å². The van der Waals surface area contributed by atoms with Gasteiger partial charge in [0.2, 0.25) is 5.88 Å². The largest absolute Gasteiger partial charge is 0.481 e. The van der Waals surface area contributed by atoms with E-state index in [4.69, 9.17) is 21.2 Å². The minimum Gasteiger partial charge on any atom is -0.481 e. The summed E-state index contributed by atoms with van der Waals surface area (Å²) >= 11 is 0. The van der Waals surface area contributed by atoms with E-state index in [0.717, 1.165) is 16.5 Å². The molecule has 116 valence electrons. The van der Waals surface area contributed by atoms with Crippen LogP contribution in [-0.2, 0) is 0 Å². The van der Waals surface area contributed by atoms with Gasteiger partial charge in [0, 0.05) is 5.56 Å². The molecule has 1 heterocycles. The van der Waals surface area contributed by atoms with Gasteiger partial charge in [-0.2, -0.15) is 10.2 Å². The van der Waals surface area contributed by atoms with Gasteiger partial charge < -0.3 is 9.47 Å². The van der Waals surface area contributed by atoms with Crippen LogP contribution in [0.1, 0.15) is 0 Å². The second-order valence-corrected chi connectivity index (χ2v) is 4.83. The normalized spacial score (nSPS) is 9.92. The van der Waals surface area contributed by atoms with Crippen LogP contribution in [-0.4, -0.2) is 23.2 Å². The molecule has 0 saturated heterocycles. The lowest BCUT2D eigenvalue weighted by atomic mass is 10.2. The van der Waals surface area contributed by atoms with E-state index >= 15 is 0 Å². The molecular formula is C19H13N3O2. The molecular weight excluding hydrogens is 302 g/mol. The van der Waals surface area contributed by atoms with Gasteiger partial charge in [0.15, 0.2) is 12.4 Å². The lowest BCUT2D eigenvalue weighted by Gasteiger charge is -2.09. The van der Waals surface area contributed by atoms with Crippen molar-refractivity contribution in [2.45, 2.75) is 0 Å². The van der Waals surface area contributed by atoms with Gasteiger partial charge in [0.25, 0.3) is 0 Å². The summed E-state index contributed by atoms with van der Waals surface area (Å²) in [5.74, 6) is 4.01. The molecule has 5 heteroatoms. The highest BCUT2D eigenvalue weighted by molar-refractivity contribution is 5.85. The highest BCUT2D eigenvalue weighted by Gasteiger charge is 2.10. The molecule has 0 aliphatic rings. The maximum Gasteiger partial charge on any atom is 0.226 e. The molecule has 0 N–H and O–H groups in total. The quantitative estimate of drug-likeness (QED) is 0.676. The van der Waals surface area contributed by atoms with Crippen molar-refractivity contribution in [3.05, 3.63) is 48.5 Å². The van der Waals surface area contributed by atoms with Crippen LogP contribution in [0.15, 0.2) is 48.5 Å². The number of hydrogen-bond acceptors (Lipinski definition) is 5. The van der Waals surface area contributed by atoms with Crippen LogP contribution in [0.4, 0.5) is 0 Å². The first-order valence-corrected chi connectivity index (χ1v) is 7.25. The van der Waals surface area contributed by atoms with Crippen LogP contribution in [0.2, 0.25) is 0 Å². The molecule has 0 radical (unpaired) electrons. The summed E-state index contributed by atoms with van der Waals surface area (Å²) in [6.07, 6.45) is 5.17. The number of para-hydroxylation sites is 1. The molecule has 0 aliphatic carbocycles. The molecule has 0 fully saturated rings. The van der Waals surface area contributed by atoms with Crippen molar-refractivity contribution in [3.8, 4) is 41.4 Å². The van der Waals surface area contributed by atoms with E-state index in [1.807, 2.05) is 42.5 Å². The number of nitriles is 1. The highest BCUT2D eigenvalue weighted by Crippen LogP contribution is 2.27. The fourth-order valence-corrected chi connectivity index (χ4v) is 2.21. The monoisotopic (exact) mass is 315 g/mol. The van der Waals surface area contributed by atoms with Crippen molar-refractivity contribution in [2.75, 3.05) is 13.2 Å². The maximum atomic E-state index is 8.74. The minimum absolute atomic E-state index is 0.0701. The van der Waals surface area contributed by atoms with Gasteiger partial charge in [-0.1, -0.05) is 18.1 Å². The predicted molar refractivity (Wildman–Crippen MR) is 90.4 cm³/mol. The molecule has 3 aromatic rings. The number of aromatic nitrogens is 2. The summed E-state index contributed by atoms with van der Waals surface area (Å²) in [5.41, 5.74) is 1.57. The average molecular weight is 315 g/mol. The van der Waals surface area contributed by atoms with Crippen LogP contribution in [0.5, 0.6) is 11.6 Å². The Labute approximate surface area is 139 Å². The predicted octanol–water partition coefficient (Wildman–Crippen LogP) is 3.21. The molecule has 24 heavy (non-hydrogen) atoms. The average Bonchev–Trinajstić information content (AvgIpc) is 2.64. The fourth-order valence-electron chi connectivity index (χ4n) is 2.21. The van der Waals surface area contributed by atoms with Crippen molar-refractivity contribution in [1.82, 2.24) is 9.97 Å². The zero-order valence-electron chi connectivity index (χ0n) is 12.8. The molecule has 0 atom stereocenters. The number of hydrogen-bond donors (Lipinski definition) is 0. The molecule has 0 spiro atoms. The molecule has 0 bridgehead atoms. The van der Waals surface area contributed by atoms with Gasteiger partial charge in [-0.05, 0) is 36.4 Å². The Hall–Kier alpha value is -3.57. The third-order valence-electron chi connectivity index (χ3n) is 3.28. The summed E-state index contributed by atoms with van der Waals surface area (Å²) in [4.78, 5) is 9.00. The Morgan fingerprint density at radius 2 is 1.75 bits per heavy atom. The lowest BCUT2D eigenvalue weighted by molar-refractivity contribution is 0.358. The van der Waals surface area contributed by atoms with Crippen molar-refractivity contribution in [2.24, 2.45) is 0 Å². The number of ether oxygens (including phenoxy) is 2. The summed E-state index contributed by atoms with van der Waals surface area (Å²) in [7, 11) is 0. The number of fused-ring (bicyclic) bond motifs is 1. The number of terminal acetylenes is 1. The van der Waals surface area contributed by atoms with E-state index in [1.54, 1.807) is 12.1 Å². The zero-order valence-corrected chi connectivity index (χ0v) is 12.8. The van der Waals surface area contributed by atoms with E-state index in [2.05, 4.69) is 15.9 Å². The van der Waals surface area contributed by atoms with Crippen molar-refractivity contribution in [3.63, 3.8) is 0 Å². The third kappa shape index (κ3) is 3.26. The third-order valence-corrected chi connectivity index (χ3v) is 3.28. The molecule has 0 aliphatic heterocycles. The van der Waals surface area contributed by atoms with Crippen LogP contribution in [0.25, 0.3) is 22.3 Å². The smallest absolute Gasteiger partial charge is 0.226 e. The fraction of sp³-hybridized carbons (Fsp3) is 0.105. The first-order chi connectivity index (χ1) is 11.8. The SMILES string of the molecule is C#CCOc1ccc(-c2nc(OCC#N)c3ccccc3n2)cc1. The van der Waals surface area contributed by atoms with Crippen LogP contribution < -0.4 is 9.47 Å². The van der Waals surface area contributed by atoms with Crippen LogP contribution in [0.3, 0.4) is 0 Å². The Kier molecular flexibility index (Phi) is 4.55. The van der Waals surface area contributed by atoms with Crippen molar-refractivity contribution >= 4 is 10.9 Å². The second-order valence-electron chi connectivity index (χ2n) is 4.83. The van der Waals surface area contributed by atoms with Gasteiger partial charge in [-0.15, -0.1) is 6.42 Å². The molecule has 0 amide bonds. The van der Waals surface area contributed by atoms with E-state index in [1.165, 1.54) is 0 Å². The van der Waals surface area contributed by atoms with E-state index < -0.39 is 0 Å². The Morgan fingerprint density at radius 3 is 2.50 bits per heavy atom. The summed E-state index contributed by atoms with van der Waals surface area (Å²) in [6, 6.07) is 16.8. The van der Waals surface area contributed by atoms with E-state index in [0.29, 0.717) is 17.5 Å². The van der Waals surface area contributed by atoms with E-state index in [9.17, 15) is 0 Å². The molecule has 1 aromatic heterocycles. The first kappa shape index (κ1) is 15.3. The number of benzene rings is 2. The van der Waals surface area contributed by atoms with Gasteiger partial charge >= 0.3 is 0 Å². The van der Waals surface area contributed by atoms with Crippen molar-refractivity contribution in [1.29, 1.82) is 5.26 Å². The summed E-state index contributed by atoms with van der Waals surface area (Å²) in [5, 5.41) is 9.51. The van der Waals surface area contributed by atoms with Crippen LogP contribution in [0, 0.1) is 23.7 Å². The lowest BCUT2D eigenvalue weighted by Crippen LogP contribution is -2.00. The summed E-state index contributed by atoms with van der Waals surface area (Å²) < 4.78 is 10.8. The molecule has 0 unspecified atom stereocenters. The molecule has 0 saturated carbocycles. The molecule has 2 aromatic carbocycles. The topological polar surface area (TPSA) is 68.0 Å². The second kappa shape index (κ2) is 7.13. The Morgan fingerprint density at radius 1 is 0.958 bits per heavy atom. The van der Waals surface area contributed by atoms with E-state index in [-0.39, 0.29) is 13.2 Å². The maximum absolute atomic E-state index is 8.74. The van der Waals surface area contributed by atoms with Gasteiger partial charge in [0.05, 0.1) is 10.9 Å². The van der Waals surface area contributed by atoms with Gasteiger partial charge in [-0.3, -0.25) is 0 Å². The minimum atomic E-state index is -0.0701. The highest BCUT2D eigenvalue weighted by atomic mass is 16.5. The first-order valence-electron chi connectivity index (χ1n) is 7.25.